The van der Waals surface area contributed by atoms with Crippen molar-refractivity contribution in [2.45, 2.75) is 19.3 Å². The van der Waals surface area contributed by atoms with E-state index in [1.54, 1.807) is 48.5 Å². The highest BCUT2D eigenvalue weighted by molar-refractivity contribution is 6.31. The predicted octanol–water partition coefficient (Wildman–Crippen LogP) is 6.16. The quantitative estimate of drug-likeness (QED) is 0.221. The molecule has 6 nitrogen and oxygen atoms in total. The van der Waals surface area contributed by atoms with Gasteiger partial charge in [-0.2, -0.15) is 0 Å². The Bertz CT molecular complexity index is 1280. The van der Waals surface area contributed by atoms with Gasteiger partial charge in [0, 0.05) is 71.7 Å². The first-order valence-corrected chi connectivity index (χ1v) is 12.5. The lowest BCUT2D eigenvalue weighted by atomic mass is 9.95. The van der Waals surface area contributed by atoms with Crippen molar-refractivity contribution in [1.82, 2.24) is 4.90 Å². The minimum absolute atomic E-state index is 0.0248. The molecule has 0 unspecified atom stereocenters. The number of halogens is 2. The number of rotatable bonds is 7. The van der Waals surface area contributed by atoms with E-state index in [0.717, 1.165) is 31.5 Å². The number of hydrogen-bond donors (Lipinski definition) is 2. The summed E-state index contributed by atoms with van der Waals surface area (Å²) in [5.41, 5.74) is 3.53. The Hall–Kier alpha value is -3.35. The summed E-state index contributed by atoms with van der Waals surface area (Å²) in [7, 11) is 3.69. The van der Waals surface area contributed by atoms with Crippen molar-refractivity contribution in [1.29, 1.82) is 5.41 Å². The van der Waals surface area contributed by atoms with E-state index in [-0.39, 0.29) is 18.1 Å². The Labute approximate surface area is 221 Å². The van der Waals surface area contributed by atoms with Crippen LogP contribution >= 0.6 is 23.2 Å². The number of amidine groups is 1. The molecule has 0 spiro atoms. The molecule has 186 valence electrons. The van der Waals surface area contributed by atoms with Crippen molar-refractivity contribution in [3.63, 3.8) is 0 Å². The average Bonchev–Trinajstić information content (AvgIpc) is 3.40. The van der Waals surface area contributed by atoms with Crippen LogP contribution in [0.15, 0.2) is 60.7 Å². The van der Waals surface area contributed by atoms with Crippen LogP contribution in [-0.2, 0) is 6.42 Å². The fourth-order valence-corrected chi connectivity index (χ4v) is 4.68. The number of ketones is 1. The third kappa shape index (κ3) is 5.89. The molecule has 1 fully saturated rings. The van der Waals surface area contributed by atoms with Crippen molar-refractivity contribution in [2.75, 3.05) is 37.4 Å². The van der Waals surface area contributed by atoms with Gasteiger partial charge in [0.25, 0.3) is 5.91 Å². The highest BCUT2D eigenvalue weighted by Crippen LogP contribution is 2.30. The van der Waals surface area contributed by atoms with Gasteiger partial charge in [-0.1, -0.05) is 47.5 Å². The van der Waals surface area contributed by atoms with Gasteiger partial charge < -0.3 is 15.1 Å². The van der Waals surface area contributed by atoms with Crippen LogP contribution in [0.2, 0.25) is 10.0 Å². The van der Waals surface area contributed by atoms with Crippen LogP contribution in [0.25, 0.3) is 0 Å². The molecule has 1 heterocycles. The number of likely N-dealkylation sites (tertiary alicyclic amines) is 1. The zero-order valence-electron chi connectivity index (χ0n) is 20.3. The summed E-state index contributed by atoms with van der Waals surface area (Å²) in [6, 6.07) is 17.3. The molecule has 1 aliphatic heterocycles. The molecular formula is C28H28Cl2N4O2. The third-order valence-electron chi connectivity index (χ3n) is 6.26. The normalized spacial score (nSPS) is 12.9. The molecule has 1 amide bonds. The molecule has 0 bridgehead atoms. The van der Waals surface area contributed by atoms with Gasteiger partial charge in [-0.05, 0) is 54.8 Å². The number of nitrogens with zero attached hydrogens (tertiary/aromatic N) is 2. The molecule has 0 aromatic heterocycles. The smallest absolute Gasteiger partial charge is 0.256 e. The van der Waals surface area contributed by atoms with Gasteiger partial charge in [-0.15, -0.1) is 0 Å². The van der Waals surface area contributed by atoms with Crippen LogP contribution in [0, 0.1) is 5.41 Å². The maximum Gasteiger partial charge on any atom is 0.256 e. The second-order valence-electron chi connectivity index (χ2n) is 9.03. The van der Waals surface area contributed by atoms with Crippen LogP contribution in [0.3, 0.4) is 0 Å². The summed E-state index contributed by atoms with van der Waals surface area (Å²) in [4.78, 5) is 30.5. The van der Waals surface area contributed by atoms with Crippen molar-refractivity contribution in [3.8, 4) is 0 Å². The van der Waals surface area contributed by atoms with Gasteiger partial charge in [-0.3, -0.25) is 15.0 Å². The number of Topliss-reactive ketones (excluding diaryl/α,β-unsaturated/α-hetero) is 1. The van der Waals surface area contributed by atoms with Gasteiger partial charge in [0.2, 0.25) is 0 Å². The molecule has 4 rings (SSSR count). The van der Waals surface area contributed by atoms with Crippen LogP contribution in [0.5, 0.6) is 0 Å². The number of carbonyl (C=O) groups excluding carboxylic acids is 2. The minimum Gasteiger partial charge on any atom is -0.377 e. The van der Waals surface area contributed by atoms with Crippen LogP contribution < -0.4 is 10.2 Å². The SMILES string of the molecule is CN(C)c1cc(Cl)cc(C(=O)Nc2ccc(Cl)cc2)c1CC(=O)c1ccc(C(=N)N2CCCC2)cc1. The Balaban J connectivity index is 1.60. The minimum atomic E-state index is -0.361. The first-order chi connectivity index (χ1) is 17.2. The first-order valence-electron chi connectivity index (χ1n) is 11.8. The fourth-order valence-electron chi connectivity index (χ4n) is 4.34. The van der Waals surface area contributed by atoms with Crippen molar-refractivity contribution in [3.05, 3.63) is 93.0 Å². The molecule has 3 aromatic rings. The highest BCUT2D eigenvalue weighted by Gasteiger charge is 2.22. The lowest BCUT2D eigenvalue weighted by molar-refractivity contribution is 0.0992. The second kappa shape index (κ2) is 11.1. The predicted molar refractivity (Wildman–Crippen MR) is 147 cm³/mol. The van der Waals surface area contributed by atoms with Crippen molar-refractivity contribution >= 4 is 52.1 Å². The number of amides is 1. The summed E-state index contributed by atoms with van der Waals surface area (Å²) in [5, 5.41) is 12.3. The molecule has 1 saturated heterocycles. The van der Waals surface area contributed by atoms with E-state index in [1.807, 2.05) is 31.1 Å². The van der Waals surface area contributed by atoms with Crippen LogP contribution in [-0.4, -0.2) is 49.6 Å². The summed E-state index contributed by atoms with van der Waals surface area (Å²) >= 11 is 12.3. The Morgan fingerprint density at radius 1 is 0.917 bits per heavy atom. The number of hydrogen-bond acceptors (Lipinski definition) is 4. The van der Waals surface area contributed by atoms with Crippen LogP contribution in [0.4, 0.5) is 11.4 Å². The van der Waals surface area contributed by atoms with E-state index < -0.39 is 0 Å². The number of benzene rings is 3. The zero-order chi connectivity index (χ0) is 25.8. The summed E-state index contributed by atoms with van der Waals surface area (Å²) in [5.74, 6) is 0.000557. The molecular weight excluding hydrogens is 495 g/mol. The van der Waals surface area contributed by atoms with E-state index in [1.165, 1.54) is 0 Å². The Morgan fingerprint density at radius 2 is 1.53 bits per heavy atom. The van der Waals surface area contributed by atoms with Gasteiger partial charge in [0.15, 0.2) is 5.78 Å². The zero-order valence-corrected chi connectivity index (χ0v) is 21.8. The Morgan fingerprint density at radius 3 is 2.14 bits per heavy atom. The van der Waals surface area contributed by atoms with Crippen LogP contribution in [0.1, 0.15) is 44.7 Å². The lowest BCUT2D eigenvalue weighted by Crippen LogP contribution is -2.27. The van der Waals surface area contributed by atoms with Gasteiger partial charge in [0.1, 0.15) is 5.84 Å². The fraction of sp³-hybridized carbons (Fsp3) is 0.250. The Kier molecular flexibility index (Phi) is 7.97. The lowest BCUT2D eigenvalue weighted by Gasteiger charge is -2.21. The molecule has 2 N–H and O–H groups in total. The van der Waals surface area contributed by atoms with Gasteiger partial charge in [0.05, 0.1) is 0 Å². The van der Waals surface area contributed by atoms with E-state index in [2.05, 4.69) is 10.2 Å². The largest absolute Gasteiger partial charge is 0.377 e. The summed E-state index contributed by atoms with van der Waals surface area (Å²) < 4.78 is 0. The standard InChI is InChI=1S/C28H28Cl2N4O2/c1-33(2)25-16-21(30)15-24(28(36)32-22-11-9-20(29)10-12-22)23(25)17-26(35)18-5-7-19(8-6-18)27(31)34-13-3-4-14-34/h5-12,15-16,31H,3-4,13-14,17H2,1-2H3,(H,32,36). The van der Waals surface area contributed by atoms with Gasteiger partial charge in [-0.25, -0.2) is 0 Å². The number of anilines is 2. The molecule has 0 atom stereocenters. The maximum atomic E-state index is 13.3. The van der Waals surface area contributed by atoms with Crippen molar-refractivity contribution in [2.24, 2.45) is 0 Å². The molecule has 0 aliphatic carbocycles. The van der Waals surface area contributed by atoms with Crippen molar-refractivity contribution < 1.29 is 9.59 Å². The molecule has 8 heteroatoms. The van der Waals surface area contributed by atoms with E-state index >= 15 is 0 Å². The maximum absolute atomic E-state index is 13.3. The molecule has 1 aliphatic rings. The monoisotopic (exact) mass is 522 g/mol. The summed E-state index contributed by atoms with van der Waals surface area (Å²) in [6.07, 6.45) is 2.22. The molecule has 3 aromatic carbocycles. The topological polar surface area (TPSA) is 76.5 Å². The summed E-state index contributed by atoms with van der Waals surface area (Å²) in [6.45, 7) is 1.79. The average molecular weight is 523 g/mol. The van der Waals surface area contributed by atoms with E-state index in [4.69, 9.17) is 28.6 Å². The van der Waals surface area contributed by atoms with E-state index in [0.29, 0.717) is 43.9 Å². The molecule has 36 heavy (non-hydrogen) atoms. The molecule has 0 radical (unpaired) electrons. The number of carbonyl (C=O) groups is 2. The second-order valence-corrected chi connectivity index (χ2v) is 9.90. The first kappa shape index (κ1) is 25.7. The third-order valence-corrected chi connectivity index (χ3v) is 6.73. The molecule has 0 saturated carbocycles. The number of nitrogens with one attached hydrogen (secondary N) is 2. The van der Waals surface area contributed by atoms with E-state index in [9.17, 15) is 9.59 Å². The highest BCUT2D eigenvalue weighted by atomic mass is 35.5. The van der Waals surface area contributed by atoms with Gasteiger partial charge >= 0.3 is 0 Å².